The smallest absolute Gasteiger partial charge is 0.387 e. The van der Waals surface area contributed by atoms with Crippen LogP contribution in [0.15, 0.2) is 48.5 Å². The van der Waals surface area contributed by atoms with E-state index >= 15 is 0 Å². The summed E-state index contributed by atoms with van der Waals surface area (Å²) < 4.78 is 33.8. The van der Waals surface area contributed by atoms with Gasteiger partial charge in [-0.1, -0.05) is 13.8 Å². The fourth-order valence-electron chi connectivity index (χ4n) is 2.57. The third-order valence-electron chi connectivity index (χ3n) is 4.26. The molecule has 2 rings (SSSR count). The Balaban J connectivity index is 1.87. The third-order valence-corrected chi connectivity index (χ3v) is 4.26. The molecule has 0 aliphatic rings. The van der Waals surface area contributed by atoms with Gasteiger partial charge in [0.2, 0.25) is 0 Å². The van der Waals surface area contributed by atoms with Gasteiger partial charge in [0.25, 0.3) is 5.91 Å². The summed E-state index contributed by atoms with van der Waals surface area (Å²) >= 11 is 0. The maximum Gasteiger partial charge on any atom is 0.387 e. The molecule has 2 aromatic carbocycles. The van der Waals surface area contributed by atoms with E-state index in [1.807, 2.05) is 13.8 Å². The van der Waals surface area contributed by atoms with E-state index in [1.165, 1.54) is 24.3 Å². The van der Waals surface area contributed by atoms with Crippen LogP contribution in [0, 0.1) is 0 Å². The zero-order valence-corrected chi connectivity index (χ0v) is 16.4. The number of carbonyl (C=O) groups is 2. The van der Waals surface area contributed by atoms with E-state index in [0.29, 0.717) is 24.4 Å². The minimum absolute atomic E-state index is 0.0274. The predicted octanol–water partition coefficient (Wildman–Crippen LogP) is 4.04. The average Bonchev–Trinajstić information content (AvgIpc) is 2.71. The van der Waals surface area contributed by atoms with Gasteiger partial charge in [0.15, 0.2) is 0 Å². The van der Waals surface area contributed by atoms with Crippen molar-refractivity contribution < 1.29 is 27.8 Å². The summed E-state index contributed by atoms with van der Waals surface area (Å²) in [5.41, 5.74) is 1.16. The molecule has 156 valence electrons. The van der Waals surface area contributed by atoms with E-state index in [-0.39, 0.29) is 11.3 Å². The molecule has 1 N–H and O–H groups in total. The summed E-state index contributed by atoms with van der Waals surface area (Å²) in [5.74, 6) is -0.867. The largest absolute Gasteiger partial charge is 0.461 e. The molecule has 29 heavy (non-hydrogen) atoms. The maximum atomic E-state index is 12.2. The van der Waals surface area contributed by atoms with Crippen molar-refractivity contribution in [2.24, 2.45) is 0 Å². The van der Waals surface area contributed by atoms with Crippen LogP contribution in [0.4, 0.5) is 14.5 Å². The molecular formula is C21H24F2N2O4. The first kappa shape index (κ1) is 22.3. The average molecular weight is 406 g/mol. The van der Waals surface area contributed by atoms with Crippen molar-refractivity contribution in [2.75, 3.05) is 31.6 Å². The Morgan fingerprint density at radius 1 is 0.966 bits per heavy atom. The molecule has 0 saturated carbocycles. The number of hydrogen-bond acceptors (Lipinski definition) is 5. The van der Waals surface area contributed by atoms with Gasteiger partial charge < -0.3 is 19.7 Å². The number of hydrogen-bond donors (Lipinski definition) is 1. The number of alkyl halides is 2. The van der Waals surface area contributed by atoms with E-state index in [2.05, 4.69) is 15.0 Å². The minimum atomic E-state index is -2.92. The molecule has 0 radical (unpaired) electrons. The molecule has 0 saturated heterocycles. The highest BCUT2D eigenvalue weighted by atomic mass is 19.3. The molecule has 0 spiro atoms. The summed E-state index contributed by atoms with van der Waals surface area (Å²) in [5, 5.41) is 2.67. The van der Waals surface area contributed by atoms with Gasteiger partial charge in [-0.05, 0) is 61.6 Å². The highest BCUT2D eigenvalue weighted by molar-refractivity contribution is 6.04. The van der Waals surface area contributed by atoms with Gasteiger partial charge in [-0.2, -0.15) is 8.78 Å². The SMILES string of the molecule is CCN(CC)CCOC(=O)c1ccc(NC(=O)c2ccc(OC(F)F)cc2)cc1. The Hall–Kier alpha value is -3.00. The number of ether oxygens (including phenoxy) is 2. The van der Waals surface area contributed by atoms with Crippen LogP contribution in [-0.2, 0) is 4.74 Å². The standard InChI is InChI=1S/C21H24F2N2O4/c1-3-25(4-2)13-14-28-20(27)16-5-9-17(10-6-16)24-19(26)15-7-11-18(12-8-15)29-21(22)23/h5-12,21H,3-4,13-14H2,1-2H3,(H,24,26). The van der Waals surface area contributed by atoms with Crippen LogP contribution >= 0.6 is 0 Å². The Morgan fingerprint density at radius 3 is 2.10 bits per heavy atom. The predicted molar refractivity (Wildman–Crippen MR) is 106 cm³/mol. The molecule has 0 fully saturated rings. The number of nitrogens with zero attached hydrogens (tertiary/aromatic N) is 1. The number of nitrogens with one attached hydrogen (secondary N) is 1. The van der Waals surface area contributed by atoms with Gasteiger partial charge in [-0.15, -0.1) is 0 Å². The van der Waals surface area contributed by atoms with Gasteiger partial charge in [0.05, 0.1) is 5.56 Å². The van der Waals surface area contributed by atoms with Crippen LogP contribution in [0.25, 0.3) is 0 Å². The molecule has 0 heterocycles. The number of amides is 1. The van der Waals surface area contributed by atoms with Crippen LogP contribution in [0.1, 0.15) is 34.6 Å². The molecule has 0 aliphatic carbocycles. The van der Waals surface area contributed by atoms with Crippen molar-refractivity contribution in [3.63, 3.8) is 0 Å². The molecule has 6 nitrogen and oxygen atoms in total. The number of esters is 1. The number of benzene rings is 2. The van der Waals surface area contributed by atoms with Crippen molar-refractivity contribution in [2.45, 2.75) is 20.5 Å². The normalized spacial score (nSPS) is 10.8. The van der Waals surface area contributed by atoms with Crippen LogP contribution < -0.4 is 10.1 Å². The van der Waals surface area contributed by atoms with Crippen molar-refractivity contribution >= 4 is 17.6 Å². The van der Waals surface area contributed by atoms with Gasteiger partial charge >= 0.3 is 12.6 Å². The highest BCUT2D eigenvalue weighted by Crippen LogP contribution is 2.17. The summed E-state index contributed by atoms with van der Waals surface area (Å²) in [4.78, 5) is 26.5. The van der Waals surface area contributed by atoms with E-state index < -0.39 is 18.5 Å². The van der Waals surface area contributed by atoms with Crippen LogP contribution in [0.3, 0.4) is 0 Å². The van der Waals surface area contributed by atoms with Crippen LogP contribution in [0.2, 0.25) is 0 Å². The first-order valence-electron chi connectivity index (χ1n) is 9.28. The number of likely N-dealkylation sites (N-methyl/N-ethyl adjacent to an activating group) is 1. The highest BCUT2D eigenvalue weighted by Gasteiger charge is 2.11. The van der Waals surface area contributed by atoms with Gasteiger partial charge in [0, 0.05) is 17.8 Å². The van der Waals surface area contributed by atoms with E-state index in [1.54, 1.807) is 24.3 Å². The molecule has 1 amide bonds. The molecule has 0 bridgehead atoms. The van der Waals surface area contributed by atoms with E-state index in [4.69, 9.17) is 4.74 Å². The number of anilines is 1. The number of halogens is 2. The quantitative estimate of drug-likeness (QED) is 0.603. The summed E-state index contributed by atoms with van der Waals surface area (Å²) in [6, 6.07) is 11.7. The lowest BCUT2D eigenvalue weighted by molar-refractivity contribution is -0.0498. The fourth-order valence-corrected chi connectivity index (χ4v) is 2.57. The zero-order valence-electron chi connectivity index (χ0n) is 16.4. The monoisotopic (exact) mass is 406 g/mol. The lowest BCUT2D eigenvalue weighted by Gasteiger charge is -2.17. The van der Waals surface area contributed by atoms with Crippen LogP contribution in [0.5, 0.6) is 5.75 Å². The number of rotatable bonds is 10. The number of carbonyl (C=O) groups excluding carboxylic acids is 2. The minimum Gasteiger partial charge on any atom is -0.461 e. The van der Waals surface area contributed by atoms with Crippen molar-refractivity contribution in [3.05, 3.63) is 59.7 Å². The molecular weight excluding hydrogens is 382 g/mol. The second-order valence-corrected chi connectivity index (χ2v) is 6.10. The van der Waals surface area contributed by atoms with Crippen molar-refractivity contribution in [1.29, 1.82) is 0 Å². The first-order valence-corrected chi connectivity index (χ1v) is 9.28. The molecule has 2 aromatic rings. The lowest BCUT2D eigenvalue weighted by Crippen LogP contribution is -2.27. The molecule has 0 aromatic heterocycles. The molecule has 0 unspecified atom stereocenters. The topological polar surface area (TPSA) is 67.9 Å². The maximum absolute atomic E-state index is 12.2. The molecule has 0 aliphatic heterocycles. The first-order chi connectivity index (χ1) is 13.9. The van der Waals surface area contributed by atoms with Crippen molar-refractivity contribution in [3.8, 4) is 5.75 Å². The van der Waals surface area contributed by atoms with E-state index in [0.717, 1.165) is 13.1 Å². The zero-order chi connectivity index (χ0) is 21.2. The van der Waals surface area contributed by atoms with Crippen molar-refractivity contribution in [1.82, 2.24) is 4.90 Å². The third kappa shape index (κ3) is 7.15. The van der Waals surface area contributed by atoms with E-state index in [9.17, 15) is 18.4 Å². The summed E-state index contributed by atoms with van der Waals surface area (Å²) in [6.07, 6.45) is 0. The van der Waals surface area contributed by atoms with Gasteiger partial charge in [0.1, 0.15) is 12.4 Å². The summed E-state index contributed by atoms with van der Waals surface area (Å²) in [6.45, 7) is 3.94. The second-order valence-electron chi connectivity index (χ2n) is 6.10. The fraction of sp³-hybridized carbons (Fsp3) is 0.333. The Labute approximate surface area is 168 Å². The lowest BCUT2D eigenvalue weighted by atomic mass is 10.1. The Kier molecular flexibility index (Phi) is 8.54. The molecule has 8 heteroatoms. The Morgan fingerprint density at radius 2 is 1.55 bits per heavy atom. The second kappa shape index (κ2) is 11.1. The van der Waals surface area contributed by atoms with Crippen LogP contribution in [-0.4, -0.2) is 49.6 Å². The van der Waals surface area contributed by atoms with Gasteiger partial charge in [-0.25, -0.2) is 4.79 Å². The Bertz CT molecular complexity index is 791. The summed E-state index contributed by atoms with van der Waals surface area (Å²) in [7, 11) is 0. The molecule has 0 atom stereocenters. The van der Waals surface area contributed by atoms with Gasteiger partial charge in [-0.3, -0.25) is 4.79 Å².